The first kappa shape index (κ1) is 12.6. The Morgan fingerprint density at radius 1 is 1.44 bits per heavy atom. The minimum absolute atomic E-state index is 0.00267. The summed E-state index contributed by atoms with van der Waals surface area (Å²) in [5, 5.41) is 5.64. The second-order valence-electron chi connectivity index (χ2n) is 4.24. The van der Waals surface area contributed by atoms with Gasteiger partial charge in [0.1, 0.15) is 0 Å². The molecule has 5 heteroatoms. The van der Waals surface area contributed by atoms with Crippen LogP contribution in [0.5, 0.6) is 0 Å². The van der Waals surface area contributed by atoms with Gasteiger partial charge >= 0.3 is 0 Å². The van der Waals surface area contributed by atoms with E-state index >= 15 is 0 Å². The van der Waals surface area contributed by atoms with Gasteiger partial charge < -0.3 is 15.5 Å². The van der Waals surface area contributed by atoms with E-state index in [2.05, 4.69) is 10.6 Å². The molecule has 0 radical (unpaired) electrons. The number of anilines is 1. The molecule has 0 spiro atoms. The molecular weight excluding hydrogens is 230 g/mol. The molecule has 18 heavy (non-hydrogen) atoms. The van der Waals surface area contributed by atoms with Crippen LogP contribution in [0.15, 0.2) is 24.3 Å². The lowest BCUT2D eigenvalue weighted by molar-refractivity contribution is -0.120. The number of nitrogens with zero attached hydrogens (tertiary/aromatic N) is 1. The standard InChI is InChI=1S/C13H17N3O2/c1-14-8-12(17)10-4-2-3-5-11(10)16-7-6-15-13(18)9-16/h2-5,14H,6-9H2,1H3,(H,15,18). The van der Waals surface area contributed by atoms with E-state index in [1.165, 1.54) is 0 Å². The third-order valence-corrected chi connectivity index (χ3v) is 2.92. The van der Waals surface area contributed by atoms with Crippen LogP contribution in [0.4, 0.5) is 5.69 Å². The van der Waals surface area contributed by atoms with Crippen molar-refractivity contribution in [2.24, 2.45) is 0 Å². The number of ketones is 1. The van der Waals surface area contributed by atoms with Gasteiger partial charge in [0.15, 0.2) is 5.78 Å². The fourth-order valence-electron chi connectivity index (χ4n) is 2.09. The van der Waals surface area contributed by atoms with Gasteiger partial charge in [0.2, 0.25) is 5.91 Å². The largest absolute Gasteiger partial charge is 0.360 e. The van der Waals surface area contributed by atoms with Crippen molar-refractivity contribution in [1.29, 1.82) is 0 Å². The molecular formula is C13H17N3O2. The number of hydrogen-bond donors (Lipinski definition) is 2. The summed E-state index contributed by atoms with van der Waals surface area (Å²) in [4.78, 5) is 25.3. The maximum Gasteiger partial charge on any atom is 0.239 e. The summed E-state index contributed by atoms with van der Waals surface area (Å²) in [6.45, 7) is 1.96. The zero-order chi connectivity index (χ0) is 13.0. The highest BCUT2D eigenvalue weighted by Gasteiger charge is 2.20. The fraction of sp³-hybridized carbons (Fsp3) is 0.385. The van der Waals surface area contributed by atoms with Crippen LogP contribution < -0.4 is 15.5 Å². The van der Waals surface area contributed by atoms with Crippen molar-refractivity contribution >= 4 is 17.4 Å². The monoisotopic (exact) mass is 247 g/mol. The SMILES string of the molecule is CNCC(=O)c1ccccc1N1CCNC(=O)C1. The van der Waals surface area contributed by atoms with Crippen molar-refractivity contribution in [3.63, 3.8) is 0 Å². The van der Waals surface area contributed by atoms with Crippen LogP contribution >= 0.6 is 0 Å². The average molecular weight is 247 g/mol. The maximum atomic E-state index is 12.0. The number of carbonyl (C=O) groups is 2. The molecule has 0 aliphatic carbocycles. The van der Waals surface area contributed by atoms with E-state index in [1.807, 2.05) is 29.2 Å². The van der Waals surface area contributed by atoms with Gasteiger partial charge in [0, 0.05) is 24.3 Å². The first-order chi connectivity index (χ1) is 8.72. The first-order valence-corrected chi connectivity index (χ1v) is 6.01. The Kier molecular flexibility index (Phi) is 3.94. The van der Waals surface area contributed by atoms with Gasteiger partial charge in [0.05, 0.1) is 13.1 Å². The van der Waals surface area contributed by atoms with Crippen LogP contribution in [0.1, 0.15) is 10.4 Å². The number of piperazine rings is 1. The van der Waals surface area contributed by atoms with Crippen LogP contribution in [-0.2, 0) is 4.79 Å². The maximum absolute atomic E-state index is 12.0. The summed E-state index contributed by atoms with van der Waals surface area (Å²) in [7, 11) is 1.74. The highest BCUT2D eigenvalue weighted by molar-refractivity contribution is 6.03. The molecule has 2 rings (SSSR count). The van der Waals surface area contributed by atoms with Crippen molar-refractivity contribution in [2.75, 3.05) is 38.1 Å². The van der Waals surface area contributed by atoms with Crippen molar-refractivity contribution in [3.05, 3.63) is 29.8 Å². The number of hydrogen-bond acceptors (Lipinski definition) is 4. The van der Waals surface area contributed by atoms with E-state index in [0.717, 1.165) is 12.2 Å². The van der Waals surface area contributed by atoms with Crippen LogP contribution in [-0.4, -0.2) is 44.9 Å². The van der Waals surface area contributed by atoms with Gasteiger partial charge in [-0.05, 0) is 19.2 Å². The number of Topliss-reactive ketones (excluding diaryl/α,β-unsaturated/α-hetero) is 1. The lowest BCUT2D eigenvalue weighted by Gasteiger charge is -2.30. The van der Waals surface area contributed by atoms with E-state index in [4.69, 9.17) is 0 Å². The summed E-state index contributed by atoms with van der Waals surface area (Å²) < 4.78 is 0. The molecule has 96 valence electrons. The molecule has 1 saturated heterocycles. The van der Waals surface area contributed by atoms with Gasteiger partial charge in [-0.15, -0.1) is 0 Å². The second kappa shape index (κ2) is 5.64. The quantitative estimate of drug-likeness (QED) is 0.737. The highest BCUT2D eigenvalue weighted by Crippen LogP contribution is 2.21. The molecule has 1 fully saturated rings. The predicted octanol–water partition coefficient (Wildman–Crippen LogP) is 0.0249. The Morgan fingerprint density at radius 3 is 2.94 bits per heavy atom. The van der Waals surface area contributed by atoms with E-state index in [0.29, 0.717) is 25.2 Å². The normalized spacial score (nSPS) is 15.4. The molecule has 1 aliphatic heterocycles. The van der Waals surface area contributed by atoms with E-state index in [-0.39, 0.29) is 11.7 Å². The molecule has 0 aromatic heterocycles. The lowest BCUT2D eigenvalue weighted by Crippen LogP contribution is -2.48. The Labute approximate surface area is 106 Å². The van der Waals surface area contributed by atoms with E-state index in [9.17, 15) is 9.59 Å². The molecule has 1 aromatic rings. The average Bonchev–Trinajstić information content (AvgIpc) is 2.39. The second-order valence-corrected chi connectivity index (χ2v) is 4.24. The number of nitrogens with one attached hydrogen (secondary N) is 2. The molecule has 1 aliphatic rings. The number of rotatable bonds is 4. The van der Waals surface area contributed by atoms with E-state index in [1.54, 1.807) is 7.05 Å². The number of carbonyl (C=O) groups excluding carboxylic acids is 2. The van der Waals surface area contributed by atoms with Gasteiger partial charge in [-0.1, -0.05) is 12.1 Å². The molecule has 1 amide bonds. The Hall–Kier alpha value is -1.88. The summed E-state index contributed by atoms with van der Waals surface area (Å²) >= 11 is 0. The third-order valence-electron chi connectivity index (χ3n) is 2.92. The smallest absolute Gasteiger partial charge is 0.239 e. The topological polar surface area (TPSA) is 61.4 Å². The molecule has 0 bridgehead atoms. The zero-order valence-corrected chi connectivity index (χ0v) is 10.4. The van der Waals surface area contributed by atoms with Gasteiger partial charge in [-0.3, -0.25) is 9.59 Å². The van der Waals surface area contributed by atoms with Gasteiger partial charge in [0.25, 0.3) is 0 Å². The predicted molar refractivity (Wildman–Crippen MR) is 69.9 cm³/mol. The molecule has 2 N–H and O–H groups in total. The molecule has 0 atom stereocenters. The number of para-hydroxylation sites is 1. The van der Waals surface area contributed by atoms with Gasteiger partial charge in [-0.25, -0.2) is 0 Å². The Balaban J connectivity index is 2.26. The Morgan fingerprint density at radius 2 is 2.22 bits per heavy atom. The highest BCUT2D eigenvalue weighted by atomic mass is 16.2. The minimum atomic E-state index is -0.00267. The third kappa shape index (κ3) is 2.68. The molecule has 1 heterocycles. The number of benzene rings is 1. The molecule has 1 aromatic carbocycles. The van der Waals surface area contributed by atoms with Crippen molar-refractivity contribution in [1.82, 2.24) is 10.6 Å². The van der Waals surface area contributed by atoms with Crippen molar-refractivity contribution in [3.8, 4) is 0 Å². The van der Waals surface area contributed by atoms with Crippen LogP contribution in [0.3, 0.4) is 0 Å². The van der Waals surface area contributed by atoms with Crippen LogP contribution in [0.2, 0.25) is 0 Å². The lowest BCUT2D eigenvalue weighted by atomic mass is 10.1. The van der Waals surface area contributed by atoms with Gasteiger partial charge in [-0.2, -0.15) is 0 Å². The first-order valence-electron chi connectivity index (χ1n) is 6.01. The molecule has 0 unspecified atom stereocenters. The zero-order valence-electron chi connectivity index (χ0n) is 10.4. The number of likely N-dealkylation sites (N-methyl/N-ethyl adjacent to an activating group) is 1. The summed E-state index contributed by atoms with van der Waals surface area (Å²) in [5.41, 5.74) is 1.51. The molecule has 5 nitrogen and oxygen atoms in total. The summed E-state index contributed by atoms with van der Waals surface area (Å²) in [6, 6.07) is 7.43. The summed E-state index contributed by atoms with van der Waals surface area (Å²) in [6.07, 6.45) is 0. The van der Waals surface area contributed by atoms with Crippen LogP contribution in [0, 0.1) is 0 Å². The minimum Gasteiger partial charge on any atom is -0.360 e. The number of amides is 1. The van der Waals surface area contributed by atoms with Crippen molar-refractivity contribution in [2.45, 2.75) is 0 Å². The van der Waals surface area contributed by atoms with E-state index < -0.39 is 0 Å². The Bertz CT molecular complexity index is 459. The van der Waals surface area contributed by atoms with Crippen molar-refractivity contribution < 1.29 is 9.59 Å². The fourth-order valence-corrected chi connectivity index (χ4v) is 2.09. The molecule has 0 saturated carbocycles. The van der Waals surface area contributed by atoms with Crippen LogP contribution in [0.25, 0.3) is 0 Å². The summed E-state index contributed by atoms with van der Waals surface area (Å²) in [5.74, 6) is 0.0381.